The lowest BCUT2D eigenvalue weighted by Gasteiger charge is -2.38. The van der Waals surface area contributed by atoms with Crippen molar-refractivity contribution < 1.29 is 0 Å². The molecule has 1 aliphatic heterocycles. The molecule has 7 nitrogen and oxygen atoms in total. The van der Waals surface area contributed by atoms with Crippen molar-refractivity contribution in [3.05, 3.63) is 57.0 Å². The van der Waals surface area contributed by atoms with Crippen molar-refractivity contribution in [3.8, 4) is 11.3 Å². The van der Waals surface area contributed by atoms with Gasteiger partial charge in [-0.05, 0) is 31.0 Å². The van der Waals surface area contributed by atoms with E-state index in [1.807, 2.05) is 12.1 Å². The SMILES string of the molecule is O=c1ccc(-c2cccnc2)nn1CC1CN(Cc2nnc(C3CC3)s2)C1. The fourth-order valence-electron chi connectivity index (χ4n) is 3.43. The molecular weight excluding hydrogens is 360 g/mol. The molecular formula is C19H20N6OS. The Morgan fingerprint density at radius 1 is 1.15 bits per heavy atom. The molecule has 0 aromatic carbocycles. The fraction of sp³-hybridized carbons (Fsp3) is 0.421. The average Bonchev–Trinajstić information content (AvgIpc) is 3.41. The van der Waals surface area contributed by atoms with Crippen molar-refractivity contribution in [2.75, 3.05) is 13.1 Å². The third kappa shape index (κ3) is 3.68. The van der Waals surface area contributed by atoms with Crippen molar-refractivity contribution in [2.45, 2.75) is 31.8 Å². The summed E-state index contributed by atoms with van der Waals surface area (Å²) >= 11 is 1.75. The first kappa shape index (κ1) is 16.7. The van der Waals surface area contributed by atoms with Crippen LogP contribution in [0, 0.1) is 5.92 Å². The summed E-state index contributed by atoms with van der Waals surface area (Å²) in [6.07, 6.45) is 6.02. The number of nitrogens with zero attached hydrogens (tertiary/aromatic N) is 6. The van der Waals surface area contributed by atoms with Gasteiger partial charge in [-0.2, -0.15) is 5.10 Å². The molecule has 0 N–H and O–H groups in total. The molecule has 0 radical (unpaired) electrons. The Bertz CT molecular complexity index is 991. The highest BCUT2D eigenvalue weighted by molar-refractivity contribution is 7.11. The molecule has 3 aromatic rings. The van der Waals surface area contributed by atoms with Crippen LogP contribution >= 0.6 is 11.3 Å². The Morgan fingerprint density at radius 2 is 2.04 bits per heavy atom. The zero-order valence-corrected chi connectivity index (χ0v) is 15.7. The van der Waals surface area contributed by atoms with Gasteiger partial charge in [-0.3, -0.25) is 14.7 Å². The lowest BCUT2D eigenvalue weighted by atomic mass is 10.0. The van der Waals surface area contributed by atoms with Crippen LogP contribution in [0.2, 0.25) is 0 Å². The van der Waals surface area contributed by atoms with E-state index in [0.717, 1.165) is 35.9 Å². The van der Waals surface area contributed by atoms with Crippen LogP contribution in [-0.4, -0.2) is 43.0 Å². The van der Waals surface area contributed by atoms with Crippen LogP contribution in [0.25, 0.3) is 11.3 Å². The van der Waals surface area contributed by atoms with Crippen LogP contribution in [0.4, 0.5) is 0 Å². The summed E-state index contributed by atoms with van der Waals surface area (Å²) < 4.78 is 1.58. The lowest BCUT2D eigenvalue weighted by molar-refractivity contribution is 0.0764. The lowest BCUT2D eigenvalue weighted by Crippen LogP contribution is -2.48. The van der Waals surface area contributed by atoms with Crippen molar-refractivity contribution in [2.24, 2.45) is 5.92 Å². The highest BCUT2D eigenvalue weighted by Gasteiger charge is 2.30. The zero-order chi connectivity index (χ0) is 18.2. The van der Waals surface area contributed by atoms with E-state index in [0.29, 0.717) is 18.4 Å². The van der Waals surface area contributed by atoms with Crippen LogP contribution in [0.3, 0.4) is 0 Å². The molecule has 0 atom stereocenters. The van der Waals surface area contributed by atoms with E-state index in [2.05, 4.69) is 25.2 Å². The van der Waals surface area contributed by atoms with E-state index in [4.69, 9.17) is 0 Å². The Morgan fingerprint density at radius 3 is 2.81 bits per heavy atom. The van der Waals surface area contributed by atoms with Gasteiger partial charge in [0.25, 0.3) is 5.56 Å². The third-order valence-electron chi connectivity index (χ3n) is 5.06. The minimum atomic E-state index is -0.0562. The van der Waals surface area contributed by atoms with Crippen molar-refractivity contribution in [3.63, 3.8) is 0 Å². The second kappa shape index (κ2) is 6.94. The summed E-state index contributed by atoms with van der Waals surface area (Å²) in [5, 5.41) is 15.5. The Kier molecular flexibility index (Phi) is 4.29. The quantitative estimate of drug-likeness (QED) is 0.652. The molecule has 27 heavy (non-hydrogen) atoms. The van der Waals surface area contributed by atoms with E-state index in [1.54, 1.807) is 40.5 Å². The molecule has 4 heterocycles. The average molecular weight is 380 g/mol. The molecule has 8 heteroatoms. The Hall–Kier alpha value is -2.45. The Balaban J connectivity index is 1.20. The van der Waals surface area contributed by atoms with Crippen molar-refractivity contribution in [1.29, 1.82) is 0 Å². The second-order valence-electron chi connectivity index (χ2n) is 7.35. The van der Waals surface area contributed by atoms with Crippen LogP contribution in [0.1, 0.15) is 28.8 Å². The maximum absolute atomic E-state index is 12.2. The van der Waals surface area contributed by atoms with Crippen LogP contribution < -0.4 is 5.56 Å². The number of rotatable bonds is 6. The minimum Gasteiger partial charge on any atom is -0.296 e. The summed E-state index contributed by atoms with van der Waals surface area (Å²) in [6.45, 7) is 3.43. The van der Waals surface area contributed by atoms with E-state index in [1.165, 1.54) is 17.8 Å². The van der Waals surface area contributed by atoms with Gasteiger partial charge in [-0.1, -0.05) is 11.3 Å². The van der Waals surface area contributed by atoms with E-state index >= 15 is 0 Å². The molecule has 1 aliphatic carbocycles. The third-order valence-corrected chi connectivity index (χ3v) is 6.13. The number of likely N-dealkylation sites (tertiary alicyclic amines) is 1. The normalized spacial score (nSPS) is 17.8. The molecule has 2 fully saturated rings. The number of hydrogen-bond donors (Lipinski definition) is 0. The molecule has 0 bridgehead atoms. The van der Waals surface area contributed by atoms with E-state index in [-0.39, 0.29) is 5.56 Å². The van der Waals surface area contributed by atoms with E-state index < -0.39 is 0 Å². The monoisotopic (exact) mass is 380 g/mol. The van der Waals surface area contributed by atoms with Crippen LogP contribution in [0.15, 0.2) is 41.5 Å². The number of hydrogen-bond acceptors (Lipinski definition) is 7. The summed E-state index contributed by atoms with van der Waals surface area (Å²) in [5.41, 5.74) is 1.64. The van der Waals surface area contributed by atoms with Crippen LogP contribution in [-0.2, 0) is 13.1 Å². The maximum atomic E-state index is 12.2. The molecule has 5 rings (SSSR count). The molecule has 0 amide bonds. The summed E-state index contributed by atoms with van der Waals surface area (Å²) in [5.74, 6) is 1.11. The second-order valence-corrected chi connectivity index (χ2v) is 8.44. The number of aromatic nitrogens is 5. The highest BCUT2D eigenvalue weighted by atomic mass is 32.1. The standard InChI is InChI=1S/C19H20N6OS/c26-18-6-5-16(15-2-1-7-20-8-15)23-25(18)11-13-9-24(10-13)12-17-21-22-19(27-17)14-3-4-14/h1-2,5-8,13-14H,3-4,9-12H2. The summed E-state index contributed by atoms with van der Waals surface area (Å²) in [4.78, 5) is 18.7. The zero-order valence-electron chi connectivity index (χ0n) is 14.9. The topological polar surface area (TPSA) is 76.8 Å². The molecule has 138 valence electrons. The summed E-state index contributed by atoms with van der Waals surface area (Å²) in [6, 6.07) is 7.17. The summed E-state index contributed by atoms with van der Waals surface area (Å²) in [7, 11) is 0. The number of pyridine rings is 1. The van der Waals surface area contributed by atoms with Crippen molar-refractivity contribution >= 4 is 11.3 Å². The van der Waals surface area contributed by atoms with Gasteiger partial charge in [-0.25, -0.2) is 4.68 Å². The van der Waals surface area contributed by atoms with Gasteiger partial charge in [-0.15, -0.1) is 10.2 Å². The molecule has 0 unspecified atom stereocenters. The first-order chi connectivity index (χ1) is 13.2. The predicted molar refractivity (Wildman–Crippen MR) is 102 cm³/mol. The molecule has 2 aliphatic rings. The highest BCUT2D eigenvalue weighted by Crippen LogP contribution is 2.41. The van der Waals surface area contributed by atoms with Gasteiger partial charge in [0.05, 0.1) is 18.8 Å². The predicted octanol–water partition coefficient (Wildman–Crippen LogP) is 2.17. The van der Waals surface area contributed by atoms with Crippen molar-refractivity contribution in [1.82, 2.24) is 29.9 Å². The van der Waals surface area contributed by atoms with Gasteiger partial charge < -0.3 is 0 Å². The first-order valence-corrected chi connectivity index (χ1v) is 10.1. The van der Waals surface area contributed by atoms with Gasteiger partial charge in [0.1, 0.15) is 10.0 Å². The van der Waals surface area contributed by atoms with Gasteiger partial charge in [0.15, 0.2) is 0 Å². The Labute approximate surface area is 160 Å². The molecule has 3 aromatic heterocycles. The van der Waals surface area contributed by atoms with E-state index in [9.17, 15) is 4.79 Å². The molecule has 1 saturated carbocycles. The van der Waals surface area contributed by atoms with Gasteiger partial charge in [0.2, 0.25) is 0 Å². The first-order valence-electron chi connectivity index (χ1n) is 9.28. The molecule has 1 saturated heterocycles. The minimum absolute atomic E-state index is 0.0562. The van der Waals surface area contributed by atoms with Gasteiger partial charge in [0, 0.05) is 48.9 Å². The fourth-order valence-corrected chi connectivity index (χ4v) is 4.49. The maximum Gasteiger partial charge on any atom is 0.266 e. The largest absolute Gasteiger partial charge is 0.296 e. The van der Waals surface area contributed by atoms with Crippen LogP contribution in [0.5, 0.6) is 0 Å². The molecule has 0 spiro atoms. The van der Waals surface area contributed by atoms with Gasteiger partial charge >= 0.3 is 0 Å². The smallest absolute Gasteiger partial charge is 0.266 e.